The lowest BCUT2D eigenvalue weighted by Gasteiger charge is -2.43. The summed E-state index contributed by atoms with van der Waals surface area (Å²) in [6.45, 7) is 4.95. The molecule has 134 valence electrons. The van der Waals surface area contributed by atoms with Crippen molar-refractivity contribution in [2.24, 2.45) is 0 Å². The minimum absolute atomic E-state index is 0.0408. The lowest BCUT2D eigenvalue weighted by Crippen LogP contribution is -2.50. The van der Waals surface area contributed by atoms with E-state index in [9.17, 15) is 4.79 Å². The summed E-state index contributed by atoms with van der Waals surface area (Å²) in [5.74, 6) is 0.0408. The van der Waals surface area contributed by atoms with Gasteiger partial charge in [-0.25, -0.2) is 0 Å². The Hall–Kier alpha value is -2.33. The fourth-order valence-electron chi connectivity index (χ4n) is 3.89. The van der Waals surface area contributed by atoms with Gasteiger partial charge in [-0.1, -0.05) is 36.4 Å². The number of aryl methyl sites for hydroxylation is 1. The Balaban J connectivity index is 1.59. The van der Waals surface area contributed by atoms with Crippen molar-refractivity contribution in [1.82, 2.24) is 9.88 Å². The number of aromatic nitrogens is 1. The first-order valence-corrected chi connectivity index (χ1v) is 10.0. The Morgan fingerprint density at radius 2 is 1.92 bits per heavy atom. The highest BCUT2D eigenvalue weighted by atomic mass is 32.1. The maximum atomic E-state index is 13.1. The predicted molar refractivity (Wildman–Crippen MR) is 107 cm³/mol. The molecular formula is C22H24N2OS. The standard InChI is InChI=1S/C22H24N2OS/c1-16-14-20(17(2)24(16)15-19-10-6-13-26-19)21(25)23-22(11-7-12-22)18-8-4-3-5-9-18/h3-6,8-10,13-14H,7,11-12,15H2,1-2H3,(H,23,25). The molecule has 0 bridgehead atoms. The quantitative estimate of drug-likeness (QED) is 0.677. The number of nitrogens with zero attached hydrogens (tertiary/aromatic N) is 1. The van der Waals surface area contributed by atoms with E-state index in [1.165, 1.54) is 10.4 Å². The highest BCUT2D eigenvalue weighted by Crippen LogP contribution is 2.41. The lowest BCUT2D eigenvalue weighted by molar-refractivity contribution is 0.0822. The molecule has 0 radical (unpaired) electrons. The van der Waals surface area contributed by atoms with E-state index in [1.807, 2.05) is 19.1 Å². The van der Waals surface area contributed by atoms with Crippen LogP contribution < -0.4 is 5.32 Å². The summed E-state index contributed by atoms with van der Waals surface area (Å²) < 4.78 is 2.23. The first-order valence-electron chi connectivity index (χ1n) is 9.16. The van der Waals surface area contributed by atoms with Gasteiger partial charge in [0.1, 0.15) is 0 Å². The molecule has 1 aliphatic carbocycles. The smallest absolute Gasteiger partial charge is 0.253 e. The van der Waals surface area contributed by atoms with Crippen molar-refractivity contribution >= 4 is 17.2 Å². The summed E-state index contributed by atoms with van der Waals surface area (Å²) in [6, 6.07) is 16.6. The van der Waals surface area contributed by atoms with Gasteiger partial charge in [-0.15, -0.1) is 11.3 Å². The van der Waals surface area contributed by atoms with Crippen molar-refractivity contribution < 1.29 is 4.79 Å². The monoisotopic (exact) mass is 364 g/mol. The summed E-state index contributed by atoms with van der Waals surface area (Å²) in [6.07, 6.45) is 3.18. The van der Waals surface area contributed by atoms with Crippen LogP contribution in [0.4, 0.5) is 0 Å². The third-order valence-corrected chi connectivity index (χ3v) is 6.46. The molecule has 26 heavy (non-hydrogen) atoms. The molecule has 1 fully saturated rings. The molecule has 4 rings (SSSR count). The molecule has 1 aliphatic rings. The number of nitrogens with one attached hydrogen (secondary N) is 1. The van der Waals surface area contributed by atoms with E-state index in [4.69, 9.17) is 0 Å². The first kappa shape index (κ1) is 17.1. The average Bonchev–Trinajstić information content (AvgIpc) is 3.22. The first-order chi connectivity index (χ1) is 12.6. The second kappa shape index (κ2) is 6.76. The Morgan fingerprint density at radius 3 is 2.54 bits per heavy atom. The molecule has 3 nitrogen and oxygen atoms in total. The Kier molecular flexibility index (Phi) is 4.45. The SMILES string of the molecule is Cc1cc(C(=O)NC2(c3ccccc3)CCC2)c(C)n1Cc1cccs1. The number of hydrogen-bond acceptors (Lipinski definition) is 2. The molecule has 1 aromatic carbocycles. The van der Waals surface area contributed by atoms with Crippen molar-refractivity contribution in [3.63, 3.8) is 0 Å². The highest BCUT2D eigenvalue weighted by Gasteiger charge is 2.40. The molecule has 0 spiro atoms. The van der Waals surface area contributed by atoms with Crippen molar-refractivity contribution in [2.75, 3.05) is 0 Å². The third kappa shape index (κ3) is 2.99. The van der Waals surface area contributed by atoms with Crippen LogP contribution >= 0.6 is 11.3 Å². The summed E-state index contributed by atoms with van der Waals surface area (Å²) >= 11 is 1.75. The minimum atomic E-state index is -0.200. The van der Waals surface area contributed by atoms with E-state index >= 15 is 0 Å². The number of carbonyl (C=O) groups excluding carboxylic acids is 1. The third-order valence-electron chi connectivity index (χ3n) is 5.60. The van der Waals surface area contributed by atoms with Crippen molar-refractivity contribution in [2.45, 2.75) is 45.2 Å². The zero-order chi connectivity index (χ0) is 18.1. The second-order valence-electron chi connectivity index (χ2n) is 7.21. The summed E-state index contributed by atoms with van der Waals surface area (Å²) in [7, 11) is 0. The van der Waals surface area contributed by atoms with Crippen LogP contribution in [-0.4, -0.2) is 10.5 Å². The van der Waals surface area contributed by atoms with Gasteiger partial charge in [-0.05, 0) is 56.2 Å². The fraction of sp³-hybridized carbons (Fsp3) is 0.318. The van der Waals surface area contributed by atoms with Gasteiger partial charge in [0.05, 0.1) is 17.6 Å². The molecule has 3 aromatic rings. The topological polar surface area (TPSA) is 34.0 Å². The van der Waals surface area contributed by atoms with Gasteiger partial charge in [-0.3, -0.25) is 4.79 Å². The predicted octanol–water partition coefficient (Wildman–Crippen LogP) is 5.02. The zero-order valence-corrected chi connectivity index (χ0v) is 16.1. The zero-order valence-electron chi connectivity index (χ0n) is 15.3. The van der Waals surface area contributed by atoms with Crippen molar-refractivity contribution in [1.29, 1.82) is 0 Å². The molecule has 4 heteroatoms. The lowest BCUT2D eigenvalue weighted by atomic mass is 9.71. The largest absolute Gasteiger partial charge is 0.343 e. The van der Waals surface area contributed by atoms with Crippen molar-refractivity contribution in [3.8, 4) is 0 Å². The van der Waals surface area contributed by atoms with E-state index < -0.39 is 0 Å². The van der Waals surface area contributed by atoms with E-state index in [0.29, 0.717) is 0 Å². The maximum absolute atomic E-state index is 13.1. The summed E-state index contributed by atoms with van der Waals surface area (Å²) in [4.78, 5) is 14.4. The van der Waals surface area contributed by atoms with Gasteiger partial charge in [0.2, 0.25) is 0 Å². The molecule has 0 aliphatic heterocycles. The van der Waals surface area contributed by atoms with E-state index in [1.54, 1.807) is 11.3 Å². The van der Waals surface area contributed by atoms with Crippen LogP contribution in [0.25, 0.3) is 0 Å². The van der Waals surface area contributed by atoms with Crippen LogP contribution in [0.2, 0.25) is 0 Å². The Labute approximate surface area is 158 Å². The summed E-state index contributed by atoms with van der Waals surface area (Å²) in [5.41, 5.74) is 3.97. The molecule has 1 amide bonds. The van der Waals surface area contributed by atoms with Gasteiger partial charge in [0.15, 0.2) is 0 Å². The summed E-state index contributed by atoms with van der Waals surface area (Å²) in [5, 5.41) is 5.45. The van der Waals surface area contributed by atoms with Gasteiger partial charge in [0, 0.05) is 16.3 Å². The Morgan fingerprint density at radius 1 is 1.15 bits per heavy atom. The van der Waals surface area contributed by atoms with Gasteiger partial charge in [0.25, 0.3) is 5.91 Å². The van der Waals surface area contributed by atoms with Crippen LogP contribution in [-0.2, 0) is 12.1 Å². The normalized spacial score (nSPS) is 15.5. The van der Waals surface area contributed by atoms with Gasteiger partial charge < -0.3 is 9.88 Å². The fourth-order valence-corrected chi connectivity index (χ4v) is 4.58. The molecule has 1 saturated carbocycles. The minimum Gasteiger partial charge on any atom is -0.343 e. The van der Waals surface area contributed by atoms with Crippen LogP contribution in [0, 0.1) is 13.8 Å². The van der Waals surface area contributed by atoms with Gasteiger partial charge >= 0.3 is 0 Å². The molecular weight excluding hydrogens is 340 g/mol. The maximum Gasteiger partial charge on any atom is 0.253 e. The number of rotatable bonds is 5. The highest BCUT2D eigenvalue weighted by molar-refractivity contribution is 7.09. The molecule has 2 heterocycles. The second-order valence-corrected chi connectivity index (χ2v) is 8.24. The number of carbonyl (C=O) groups is 1. The van der Waals surface area contributed by atoms with Crippen LogP contribution in [0.5, 0.6) is 0 Å². The number of amides is 1. The number of benzene rings is 1. The molecule has 0 atom stereocenters. The number of hydrogen-bond donors (Lipinski definition) is 1. The number of thiophene rings is 1. The molecule has 0 saturated heterocycles. The molecule has 0 unspecified atom stereocenters. The molecule has 2 aromatic heterocycles. The van der Waals surface area contributed by atoms with E-state index in [-0.39, 0.29) is 11.4 Å². The average molecular weight is 365 g/mol. The van der Waals surface area contributed by atoms with Crippen LogP contribution in [0.15, 0.2) is 53.9 Å². The molecule has 1 N–H and O–H groups in total. The van der Waals surface area contributed by atoms with Crippen LogP contribution in [0.3, 0.4) is 0 Å². The van der Waals surface area contributed by atoms with Gasteiger partial charge in [-0.2, -0.15) is 0 Å². The van der Waals surface area contributed by atoms with E-state index in [2.05, 4.69) is 58.6 Å². The van der Waals surface area contributed by atoms with Crippen LogP contribution in [0.1, 0.15) is 51.4 Å². The van der Waals surface area contributed by atoms with Crippen molar-refractivity contribution in [3.05, 3.63) is 81.3 Å². The van der Waals surface area contributed by atoms with E-state index in [0.717, 1.165) is 42.8 Å². The Bertz CT molecular complexity index is 905.